The number of piperidine rings is 1. The second-order valence-corrected chi connectivity index (χ2v) is 4.75. The topological polar surface area (TPSA) is 64.1 Å². The molecule has 0 aromatic heterocycles. The summed E-state index contributed by atoms with van der Waals surface area (Å²) < 4.78 is 0. The molecule has 1 aromatic carbocycles. The van der Waals surface area contributed by atoms with Crippen LogP contribution in [0.2, 0.25) is 0 Å². The van der Waals surface area contributed by atoms with Crippen molar-refractivity contribution in [2.24, 2.45) is 11.7 Å². The highest BCUT2D eigenvalue weighted by atomic mass is 14.9. The maximum absolute atomic E-state index is 5.85. The second kappa shape index (κ2) is 4.85. The highest BCUT2D eigenvalue weighted by Crippen LogP contribution is 2.29. The van der Waals surface area contributed by atoms with E-state index in [4.69, 9.17) is 11.5 Å². The van der Waals surface area contributed by atoms with Gasteiger partial charge in [-0.25, -0.2) is 0 Å². The summed E-state index contributed by atoms with van der Waals surface area (Å²) in [6.07, 6.45) is 2.31. The fourth-order valence-electron chi connectivity index (χ4n) is 2.48. The van der Waals surface area contributed by atoms with Crippen LogP contribution in [0.5, 0.6) is 0 Å². The van der Waals surface area contributed by atoms with Crippen molar-refractivity contribution in [3.8, 4) is 0 Å². The van der Waals surface area contributed by atoms with Gasteiger partial charge in [0.2, 0.25) is 0 Å². The van der Waals surface area contributed by atoms with Gasteiger partial charge in [0.25, 0.3) is 0 Å². The van der Waals surface area contributed by atoms with Crippen molar-refractivity contribution < 1.29 is 0 Å². The summed E-state index contributed by atoms with van der Waals surface area (Å²) in [4.78, 5) is 0. The molecule has 0 amide bonds. The highest BCUT2D eigenvalue weighted by molar-refractivity contribution is 5.45. The summed E-state index contributed by atoms with van der Waals surface area (Å²) in [6.45, 7) is 3.99. The smallest absolute Gasteiger partial charge is 0.0326 e. The van der Waals surface area contributed by atoms with Gasteiger partial charge in [0.1, 0.15) is 0 Å². The van der Waals surface area contributed by atoms with Gasteiger partial charge in [-0.15, -0.1) is 0 Å². The molecule has 1 aliphatic heterocycles. The van der Waals surface area contributed by atoms with E-state index in [-0.39, 0.29) is 0 Å². The molecule has 5 N–H and O–H groups in total. The fourth-order valence-corrected chi connectivity index (χ4v) is 2.48. The third kappa shape index (κ3) is 2.36. The fraction of sp³-hybridized carbons (Fsp3) is 0.538. The predicted molar refractivity (Wildman–Crippen MR) is 68.1 cm³/mol. The zero-order valence-corrected chi connectivity index (χ0v) is 9.87. The Morgan fingerprint density at radius 1 is 1.44 bits per heavy atom. The molecular weight excluding hydrogens is 198 g/mol. The van der Waals surface area contributed by atoms with Gasteiger partial charge >= 0.3 is 0 Å². The summed E-state index contributed by atoms with van der Waals surface area (Å²) in [6, 6.07) is 6.57. The Morgan fingerprint density at radius 3 is 3.00 bits per heavy atom. The minimum absolute atomic E-state index is 0.422. The van der Waals surface area contributed by atoms with Gasteiger partial charge < -0.3 is 16.8 Å². The molecule has 1 fully saturated rings. The lowest BCUT2D eigenvalue weighted by molar-refractivity contribution is 0.311. The molecule has 1 aromatic rings. The number of anilines is 1. The number of hydrogen-bond donors (Lipinski definition) is 3. The Kier molecular flexibility index (Phi) is 3.46. The van der Waals surface area contributed by atoms with Crippen LogP contribution in [0, 0.1) is 12.8 Å². The van der Waals surface area contributed by atoms with E-state index >= 15 is 0 Å². The molecule has 1 saturated heterocycles. The normalized spacial score (nSPS) is 25.6. The van der Waals surface area contributed by atoms with Gasteiger partial charge in [-0.2, -0.15) is 0 Å². The Balaban J connectivity index is 2.19. The standard InChI is InChI=1S/C13H21N3/c1-9-2-3-11(15)7-12(9)13-6-10(8-14)4-5-16-13/h2-3,7,10,13,16H,4-6,8,14-15H2,1H3. The van der Waals surface area contributed by atoms with Crippen molar-refractivity contribution in [1.29, 1.82) is 0 Å². The lowest BCUT2D eigenvalue weighted by atomic mass is 9.87. The van der Waals surface area contributed by atoms with E-state index in [1.54, 1.807) is 0 Å². The highest BCUT2D eigenvalue weighted by Gasteiger charge is 2.22. The molecule has 2 unspecified atom stereocenters. The first kappa shape index (κ1) is 11.4. The SMILES string of the molecule is Cc1ccc(N)cc1C1CC(CN)CCN1. The molecule has 88 valence electrons. The van der Waals surface area contributed by atoms with Crippen LogP contribution in [0.25, 0.3) is 0 Å². The number of benzene rings is 1. The molecular formula is C13H21N3. The van der Waals surface area contributed by atoms with Crippen molar-refractivity contribution in [2.45, 2.75) is 25.8 Å². The van der Waals surface area contributed by atoms with Crippen LogP contribution >= 0.6 is 0 Å². The largest absolute Gasteiger partial charge is 0.399 e. The van der Waals surface area contributed by atoms with Crippen LogP contribution < -0.4 is 16.8 Å². The Bertz CT molecular complexity index is 362. The molecule has 0 saturated carbocycles. The van der Waals surface area contributed by atoms with Crippen LogP contribution in [0.1, 0.15) is 30.0 Å². The van der Waals surface area contributed by atoms with Gasteiger partial charge in [0, 0.05) is 11.7 Å². The van der Waals surface area contributed by atoms with E-state index in [0.717, 1.165) is 25.2 Å². The molecule has 1 aliphatic rings. The summed E-state index contributed by atoms with van der Waals surface area (Å²) in [5.74, 6) is 0.645. The van der Waals surface area contributed by atoms with Gasteiger partial charge in [-0.3, -0.25) is 0 Å². The third-order valence-corrected chi connectivity index (χ3v) is 3.52. The van der Waals surface area contributed by atoms with Crippen LogP contribution in [-0.4, -0.2) is 13.1 Å². The summed E-state index contributed by atoms with van der Waals surface area (Å²) in [5, 5.41) is 3.56. The second-order valence-electron chi connectivity index (χ2n) is 4.75. The molecule has 0 bridgehead atoms. The number of nitrogens with two attached hydrogens (primary N) is 2. The number of aryl methyl sites for hydroxylation is 1. The number of nitrogen functional groups attached to an aromatic ring is 1. The summed E-state index contributed by atoms with van der Waals surface area (Å²) >= 11 is 0. The van der Waals surface area contributed by atoms with Crippen LogP contribution in [0.15, 0.2) is 18.2 Å². The zero-order valence-electron chi connectivity index (χ0n) is 9.87. The van der Waals surface area contributed by atoms with E-state index in [0.29, 0.717) is 12.0 Å². The Hall–Kier alpha value is -1.06. The lowest BCUT2D eigenvalue weighted by Gasteiger charge is -2.31. The maximum Gasteiger partial charge on any atom is 0.0326 e. The number of nitrogens with one attached hydrogen (secondary N) is 1. The maximum atomic E-state index is 5.85. The summed E-state index contributed by atoms with van der Waals surface area (Å²) in [7, 11) is 0. The molecule has 3 heteroatoms. The first-order chi connectivity index (χ1) is 7.70. The van der Waals surface area contributed by atoms with Crippen molar-refractivity contribution >= 4 is 5.69 Å². The Labute approximate surface area is 97.2 Å². The quantitative estimate of drug-likeness (QED) is 0.662. The van der Waals surface area contributed by atoms with E-state index in [9.17, 15) is 0 Å². The lowest BCUT2D eigenvalue weighted by Crippen LogP contribution is -2.35. The minimum Gasteiger partial charge on any atom is -0.399 e. The number of rotatable bonds is 2. The number of hydrogen-bond acceptors (Lipinski definition) is 3. The van der Waals surface area contributed by atoms with E-state index in [1.165, 1.54) is 17.5 Å². The molecule has 2 atom stereocenters. The van der Waals surface area contributed by atoms with Crippen molar-refractivity contribution in [3.63, 3.8) is 0 Å². The average Bonchev–Trinajstić information content (AvgIpc) is 2.32. The van der Waals surface area contributed by atoms with Gasteiger partial charge in [0.15, 0.2) is 0 Å². The minimum atomic E-state index is 0.422. The van der Waals surface area contributed by atoms with Crippen LogP contribution in [-0.2, 0) is 0 Å². The molecule has 3 nitrogen and oxygen atoms in total. The van der Waals surface area contributed by atoms with E-state index in [1.807, 2.05) is 6.07 Å². The van der Waals surface area contributed by atoms with Crippen molar-refractivity contribution in [1.82, 2.24) is 5.32 Å². The van der Waals surface area contributed by atoms with Gasteiger partial charge in [-0.1, -0.05) is 6.07 Å². The molecule has 0 spiro atoms. The van der Waals surface area contributed by atoms with E-state index < -0.39 is 0 Å². The van der Waals surface area contributed by atoms with Crippen molar-refractivity contribution in [3.05, 3.63) is 29.3 Å². The first-order valence-electron chi connectivity index (χ1n) is 6.00. The first-order valence-corrected chi connectivity index (χ1v) is 6.00. The average molecular weight is 219 g/mol. The Morgan fingerprint density at radius 2 is 2.25 bits per heavy atom. The molecule has 0 aliphatic carbocycles. The third-order valence-electron chi connectivity index (χ3n) is 3.52. The predicted octanol–water partition coefficient (Wildman–Crippen LogP) is 1.58. The molecule has 2 rings (SSSR count). The molecule has 16 heavy (non-hydrogen) atoms. The zero-order chi connectivity index (χ0) is 11.5. The van der Waals surface area contributed by atoms with Gasteiger partial charge in [-0.05, 0) is 62.0 Å². The summed E-state index contributed by atoms with van der Waals surface area (Å²) in [5.41, 5.74) is 15.1. The van der Waals surface area contributed by atoms with Crippen LogP contribution in [0.4, 0.5) is 5.69 Å². The van der Waals surface area contributed by atoms with Gasteiger partial charge in [0.05, 0.1) is 0 Å². The van der Waals surface area contributed by atoms with Crippen LogP contribution in [0.3, 0.4) is 0 Å². The van der Waals surface area contributed by atoms with E-state index in [2.05, 4.69) is 24.4 Å². The molecule has 0 radical (unpaired) electrons. The van der Waals surface area contributed by atoms with Crippen molar-refractivity contribution in [2.75, 3.05) is 18.8 Å². The monoisotopic (exact) mass is 219 g/mol. The molecule has 1 heterocycles.